The second-order valence-electron chi connectivity index (χ2n) is 6.04. The van der Waals surface area contributed by atoms with Crippen LogP contribution in [0.4, 0.5) is 4.79 Å². The number of hydrogen-bond donors (Lipinski definition) is 2. The molecular weight excluding hydrogens is 244 g/mol. The molecule has 2 aliphatic rings. The molecule has 2 amide bonds. The highest BCUT2D eigenvalue weighted by atomic mass is 16.4. The fourth-order valence-electron chi connectivity index (χ4n) is 2.78. The van der Waals surface area contributed by atoms with Crippen molar-refractivity contribution in [3.63, 3.8) is 0 Å². The van der Waals surface area contributed by atoms with Crippen LogP contribution in [-0.4, -0.2) is 41.1 Å². The Morgan fingerprint density at radius 1 is 1.21 bits per heavy atom. The molecule has 0 heterocycles. The Bertz CT molecular complexity index is 342. The van der Waals surface area contributed by atoms with Gasteiger partial charge in [-0.2, -0.15) is 0 Å². The molecule has 0 saturated heterocycles. The molecule has 0 aromatic carbocycles. The van der Waals surface area contributed by atoms with Crippen LogP contribution in [0.15, 0.2) is 0 Å². The molecule has 19 heavy (non-hydrogen) atoms. The lowest BCUT2D eigenvalue weighted by Gasteiger charge is -2.32. The van der Waals surface area contributed by atoms with Crippen LogP contribution >= 0.6 is 0 Å². The third-order valence-corrected chi connectivity index (χ3v) is 4.21. The van der Waals surface area contributed by atoms with Crippen molar-refractivity contribution in [1.29, 1.82) is 0 Å². The van der Waals surface area contributed by atoms with Crippen LogP contribution in [0.2, 0.25) is 0 Å². The summed E-state index contributed by atoms with van der Waals surface area (Å²) >= 11 is 0. The molecule has 5 heteroatoms. The van der Waals surface area contributed by atoms with Gasteiger partial charge in [0.15, 0.2) is 0 Å². The number of aliphatic carboxylic acids is 1. The fraction of sp³-hybridized carbons (Fsp3) is 0.857. The lowest BCUT2D eigenvalue weighted by molar-refractivity contribution is -0.137. The Balaban J connectivity index is 1.87. The first-order valence-electron chi connectivity index (χ1n) is 7.33. The van der Waals surface area contributed by atoms with Gasteiger partial charge in [0, 0.05) is 12.6 Å². The molecule has 0 bridgehead atoms. The van der Waals surface area contributed by atoms with E-state index in [2.05, 4.69) is 12.2 Å². The summed E-state index contributed by atoms with van der Waals surface area (Å²) in [7, 11) is 0. The standard InChI is InChI=1S/C14H24N2O3/c1-10-4-2-3-5-12(10)15-14(19)16(9-13(17)18)8-11-6-7-11/h10-12H,2-9H2,1H3,(H,15,19)(H,17,18). The maximum atomic E-state index is 12.2. The monoisotopic (exact) mass is 268 g/mol. The molecule has 2 N–H and O–H groups in total. The van der Waals surface area contributed by atoms with E-state index < -0.39 is 5.97 Å². The quantitative estimate of drug-likeness (QED) is 0.802. The maximum absolute atomic E-state index is 12.2. The fourth-order valence-corrected chi connectivity index (χ4v) is 2.78. The number of nitrogens with zero attached hydrogens (tertiary/aromatic N) is 1. The third kappa shape index (κ3) is 4.40. The molecule has 108 valence electrons. The zero-order valence-corrected chi connectivity index (χ0v) is 11.6. The van der Waals surface area contributed by atoms with E-state index in [1.54, 1.807) is 0 Å². The van der Waals surface area contributed by atoms with Gasteiger partial charge in [-0.3, -0.25) is 4.79 Å². The smallest absolute Gasteiger partial charge is 0.323 e. The number of rotatable bonds is 5. The number of carbonyl (C=O) groups is 2. The Kier molecular flexibility index (Phi) is 4.66. The van der Waals surface area contributed by atoms with Crippen LogP contribution in [0.25, 0.3) is 0 Å². The summed E-state index contributed by atoms with van der Waals surface area (Å²) in [5, 5.41) is 11.9. The largest absolute Gasteiger partial charge is 0.480 e. The first-order chi connectivity index (χ1) is 9.06. The minimum absolute atomic E-state index is 0.191. The predicted molar refractivity (Wildman–Crippen MR) is 71.9 cm³/mol. The van der Waals surface area contributed by atoms with Crippen molar-refractivity contribution in [1.82, 2.24) is 10.2 Å². The first kappa shape index (κ1) is 14.2. The number of urea groups is 1. The van der Waals surface area contributed by atoms with E-state index in [0.29, 0.717) is 18.4 Å². The van der Waals surface area contributed by atoms with Crippen LogP contribution in [0.3, 0.4) is 0 Å². The van der Waals surface area contributed by atoms with E-state index >= 15 is 0 Å². The Morgan fingerprint density at radius 2 is 1.89 bits per heavy atom. The second-order valence-corrected chi connectivity index (χ2v) is 6.04. The van der Waals surface area contributed by atoms with Gasteiger partial charge in [-0.05, 0) is 37.5 Å². The minimum atomic E-state index is -0.938. The molecule has 0 spiro atoms. The van der Waals surface area contributed by atoms with Gasteiger partial charge in [0.2, 0.25) is 0 Å². The minimum Gasteiger partial charge on any atom is -0.480 e. The van der Waals surface area contributed by atoms with E-state index in [1.165, 1.54) is 11.3 Å². The predicted octanol–water partition coefficient (Wildman–Crippen LogP) is 2.07. The highest BCUT2D eigenvalue weighted by Gasteiger charge is 2.30. The molecule has 0 aromatic rings. The van der Waals surface area contributed by atoms with Crippen molar-refractivity contribution in [2.45, 2.75) is 51.5 Å². The molecule has 5 nitrogen and oxygen atoms in total. The van der Waals surface area contributed by atoms with Gasteiger partial charge in [0.05, 0.1) is 0 Å². The summed E-state index contributed by atoms with van der Waals surface area (Å²) in [6.07, 6.45) is 6.77. The summed E-state index contributed by atoms with van der Waals surface area (Å²) < 4.78 is 0. The molecule has 0 radical (unpaired) electrons. The normalized spacial score (nSPS) is 26.8. The molecule has 2 unspecified atom stereocenters. The number of carbonyl (C=O) groups excluding carboxylic acids is 1. The van der Waals surface area contributed by atoms with Crippen LogP contribution in [0.5, 0.6) is 0 Å². The van der Waals surface area contributed by atoms with Gasteiger partial charge in [0.1, 0.15) is 6.54 Å². The van der Waals surface area contributed by atoms with Gasteiger partial charge in [-0.15, -0.1) is 0 Å². The average molecular weight is 268 g/mol. The summed E-state index contributed by atoms with van der Waals surface area (Å²) in [6.45, 7) is 2.55. The molecule has 2 atom stereocenters. The van der Waals surface area contributed by atoms with Gasteiger partial charge in [-0.1, -0.05) is 19.8 Å². The van der Waals surface area contributed by atoms with Crippen LogP contribution in [0, 0.1) is 11.8 Å². The zero-order valence-electron chi connectivity index (χ0n) is 11.6. The highest BCUT2D eigenvalue weighted by molar-refractivity contribution is 5.80. The third-order valence-electron chi connectivity index (χ3n) is 4.21. The van der Waals surface area contributed by atoms with Crippen molar-refractivity contribution >= 4 is 12.0 Å². The molecule has 0 aromatic heterocycles. The average Bonchev–Trinajstić information content (AvgIpc) is 3.14. The lowest BCUT2D eigenvalue weighted by atomic mass is 9.86. The lowest BCUT2D eigenvalue weighted by Crippen LogP contribution is -2.49. The Morgan fingerprint density at radius 3 is 2.47 bits per heavy atom. The topological polar surface area (TPSA) is 69.6 Å². The van der Waals surface area contributed by atoms with Crippen LogP contribution in [0.1, 0.15) is 45.4 Å². The highest BCUT2D eigenvalue weighted by Crippen LogP contribution is 2.30. The van der Waals surface area contributed by atoms with Crippen LogP contribution < -0.4 is 5.32 Å². The zero-order chi connectivity index (χ0) is 13.8. The number of amides is 2. The summed E-state index contributed by atoms with van der Waals surface area (Å²) in [6, 6.07) is 0.00444. The van der Waals surface area contributed by atoms with E-state index in [0.717, 1.165) is 32.1 Å². The van der Waals surface area contributed by atoms with Gasteiger partial charge in [-0.25, -0.2) is 4.79 Å². The van der Waals surface area contributed by atoms with E-state index in [-0.39, 0.29) is 18.6 Å². The van der Waals surface area contributed by atoms with E-state index in [1.807, 2.05) is 0 Å². The molecule has 2 rings (SSSR count). The molecule has 2 fully saturated rings. The summed E-state index contributed by atoms with van der Waals surface area (Å²) in [5.74, 6) is 0.0617. The maximum Gasteiger partial charge on any atom is 0.323 e. The molecule has 0 aliphatic heterocycles. The molecule has 2 aliphatic carbocycles. The number of carboxylic acids is 1. The van der Waals surface area contributed by atoms with Crippen LogP contribution in [-0.2, 0) is 4.79 Å². The van der Waals surface area contributed by atoms with E-state index in [4.69, 9.17) is 5.11 Å². The number of hydrogen-bond acceptors (Lipinski definition) is 2. The van der Waals surface area contributed by atoms with Crippen molar-refractivity contribution in [3.05, 3.63) is 0 Å². The SMILES string of the molecule is CC1CCCCC1NC(=O)N(CC(=O)O)CC1CC1. The van der Waals surface area contributed by atoms with Crippen molar-refractivity contribution < 1.29 is 14.7 Å². The van der Waals surface area contributed by atoms with Crippen molar-refractivity contribution in [3.8, 4) is 0 Å². The van der Waals surface area contributed by atoms with Crippen molar-refractivity contribution in [2.75, 3.05) is 13.1 Å². The summed E-state index contributed by atoms with van der Waals surface area (Å²) in [4.78, 5) is 24.5. The second kappa shape index (κ2) is 6.26. The summed E-state index contributed by atoms with van der Waals surface area (Å²) in [5.41, 5.74) is 0. The van der Waals surface area contributed by atoms with Gasteiger partial charge < -0.3 is 15.3 Å². The first-order valence-corrected chi connectivity index (χ1v) is 7.33. The Labute approximate surface area is 114 Å². The number of nitrogens with one attached hydrogen (secondary N) is 1. The van der Waals surface area contributed by atoms with Gasteiger partial charge in [0.25, 0.3) is 0 Å². The number of carboxylic acid groups (broad SMARTS) is 1. The molecule has 2 saturated carbocycles. The molecular formula is C14H24N2O3. The van der Waals surface area contributed by atoms with Crippen molar-refractivity contribution in [2.24, 2.45) is 11.8 Å². The van der Waals surface area contributed by atoms with Gasteiger partial charge >= 0.3 is 12.0 Å². The van der Waals surface area contributed by atoms with E-state index in [9.17, 15) is 9.59 Å². The Hall–Kier alpha value is -1.26.